The van der Waals surface area contributed by atoms with Crippen molar-refractivity contribution in [2.45, 2.75) is 200 Å². The fourth-order valence-electron chi connectivity index (χ4n) is 5.01. The number of unbranched alkanes of at least 4 members (excludes halogenated alkanes) is 22. The van der Waals surface area contributed by atoms with Crippen molar-refractivity contribution in [1.29, 1.82) is 0 Å². The molecule has 34 heavy (non-hydrogen) atoms. The number of aliphatic hydroxyl groups is 1. The van der Waals surface area contributed by atoms with E-state index in [0.29, 0.717) is 12.2 Å². The molecule has 0 saturated carbocycles. The van der Waals surface area contributed by atoms with Gasteiger partial charge in [0.15, 0.2) is 0 Å². The lowest BCUT2D eigenvalue weighted by Crippen LogP contribution is -2.05. The summed E-state index contributed by atoms with van der Waals surface area (Å²) in [4.78, 5) is 11.3. The molecule has 0 aliphatic rings. The molecule has 1 N–H and O–H groups in total. The van der Waals surface area contributed by atoms with Crippen LogP contribution in [0.25, 0.3) is 0 Å². The molecule has 0 radical (unpaired) electrons. The second-order valence-corrected chi connectivity index (χ2v) is 11.0. The van der Waals surface area contributed by atoms with E-state index < -0.39 is 0 Å². The van der Waals surface area contributed by atoms with Crippen LogP contribution in [0.5, 0.6) is 0 Å². The fraction of sp³-hybridized carbons (Fsp3) is 0.969. The van der Waals surface area contributed by atoms with Crippen molar-refractivity contribution in [2.24, 2.45) is 0 Å². The Balaban J connectivity index is 3.10. The first-order valence-corrected chi connectivity index (χ1v) is 15.9. The van der Waals surface area contributed by atoms with Crippen molar-refractivity contribution in [3.63, 3.8) is 0 Å². The third-order valence-electron chi connectivity index (χ3n) is 7.53. The average Bonchev–Trinajstić information content (AvgIpc) is 2.84. The third-order valence-corrected chi connectivity index (χ3v) is 7.53. The Hall–Kier alpha value is -0.370. The van der Waals surface area contributed by atoms with E-state index in [1.54, 1.807) is 0 Å². The van der Waals surface area contributed by atoms with Gasteiger partial charge in [-0.15, -0.1) is 0 Å². The minimum absolute atomic E-state index is 0.0410. The Bertz CT molecular complexity index is 392. The molecule has 0 amide bonds. The maximum absolute atomic E-state index is 11.3. The van der Waals surface area contributed by atoms with Crippen LogP contribution in [-0.2, 0) is 4.79 Å². The quantitative estimate of drug-likeness (QED) is 0.108. The minimum Gasteiger partial charge on any atom is -0.393 e. The molecule has 0 saturated heterocycles. The molecule has 0 aromatic carbocycles. The Kier molecular flexibility index (Phi) is 28.6. The zero-order valence-corrected chi connectivity index (χ0v) is 23.7. The highest BCUT2D eigenvalue weighted by Crippen LogP contribution is 2.16. The summed E-state index contributed by atoms with van der Waals surface area (Å²) in [6.07, 6.45) is 36.0. The molecule has 0 aliphatic carbocycles. The van der Waals surface area contributed by atoms with Crippen molar-refractivity contribution >= 4 is 5.78 Å². The molecule has 0 rings (SSSR count). The zero-order chi connectivity index (χ0) is 25.0. The largest absolute Gasteiger partial charge is 0.393 e. The van der Waals surface area contributed by atoms with Crippen LogP contribution < -0.4 is 0 Å². The second-order valence-electron chi connectivity index (χ2n) is 11.0. The van der Waals surface area contributed by atoms with Gasteiger partial charge < -0.3 is 5.11 Å². The highest BCUT2D eigenvalue weighted by molar-refractivity contribution is 5.77. The molecule has 0 bridgehead atoms. The standard InChI is InChI=1S/C32H64O2/c1-3-5-6-22-26-29-32(34)30-27-24-21-19-17-15-13-11-9-7-8-10-12-14-16-18-20-23-25-28-31(33)4-2/h32,34H,3-30H2,1-2H3. The van der Waals surface area contributed by atoms with Crippen molar-refractivity contribution in [2.75, 3.05) is 0 Å². The van der Waals surface area contributed by atoms with Crippen molar-refractivity contribution in [3.8, 4) is 0 Å². The van der Waals surface area contributed by atoms with Gasteiger partial charge >= 0.3 is 0 Å². The normalized spacial score (nSPS) is 12.3. The molecule has 0 aliphatic heterocycles. The Labute approximate surface area is 215 Å². The maximum atomic E-state index is 11.3. The molecule has 2 nitrogen and oxygen atoms in total. The van der Waals surface area contributed by atoms with Gasteiger partial charge in [0.2, 0.25) is 0 Å². The van der Waals surface area contributed by atoms with Crippen molar-refractivity contribution < 1.29 is 9.90 Å². The number of aliphatic hydroxyl groups excluding tert-OH is 1. The van der Waals surface area contributed by atoms with Crippen LogP contribution in [-0.4, -0.2) is 17.0 Å². The fourth-order valence-corrected chi connectivity index (χ4v) is 5.01. The predicted octanol–water partition coefficient (Wildman–Crippen LogP) is 10.9. The molecular formula is C32H64O2. The van der Waals surface area contributed by atoms with E-state index in [1.165, 1.54) is 148 Å². The molecular weight excluding hydrogens is 416 g/mol. The van der Waals surface area contributed by atoms with Gasteiger partial charge in [-0.25, -0.2) is 0 Å². The highest BCUT2D eigenvalue weighted by Gasteiger charge is 2.03. The summed E-state index contributed by atoms with van der Waals surface area (Å²) in [5.74, 6) is 0.432. The molecule has 0 aromatic heterocycles. The lowest BCUT2D eigenvalue weighted by atomic mass is 10.0. The highest BCUT2D eigenvalue weighted by atomic mass is 16.3. The minimum atomic E-state index is -0.0410. The predicted molar refractivity (Wildman–Crippen MR) is 152 cm³/mol. The molecule has 0 spiro atoms. The summed E-state index contributed by atoms with van der Waals surface area (Å²) in [5, 5.41) is 10.1. The summed E-state index contributed by atoms with van der Waals surface area (Å²) in [6.45, 7) is 4.22. The van der Waals surface area contributed by atoms with Gasteiger partial charge in [-0.1, -0.05) is 162 Å². The SMILES string of the molecule is CCCCCCCC(O)CCCCCCCCCCCCCCCCCCCCCC(=O)CC. The van der Waals surface area contributed by atoms with E-state index in [1.807, 2.05) is 6.92 Å². The van der Waals surface area contributed by atoms with Crippen LogP contribution in [0.3, 0.4) is 0 Å². The van der Waals surface area contributed by atoms with Crippen LogP contribution in [0.4, 0.5) is 0 Å². The van der Waals surface area contributed by atoms with E-state index in [0.717, 1.165) is 25.7 Å². The van der Waals surface area contributed by atoms with Crippen molar-refractivity contribution in [1.82, 2.24) is 0 Å². The molecule has 204 valence electrons. The molecule has 2 heteroatoms. The molecule has 0 fully saturated rings. The lowest BCUT2D eigenvalue weighted by Gasteiger charge is -2.10. The third kappa shape index (κ3) is 27.9. The number of carbonyl (C=O) groups excluding carboxylic acids is 1. The van der Waals surface area contributed by atoms with Gasteiger partial charge in [-0.05, 0) is 19.3 Å². The maximum Gasteiger partial charge on any atom is 0.132 e. The van der Waals surface area contributed by atoms with E-state index in [9.17, 15) is 9.90 Å². The number of ketones is 1. The number of hydrogen-bond acceptors (Lipinski definition) is 2. The van der Waals surface area contributed by atoms with Gasteiger partial charge in [-0.2, -0.15) is 0 Å². The number of Topliss-reactive ketones (excluding diaryl/α,β-unsaturated/α-hetero) is 1. The second kappa shape index (κ2) is 28.9. The van der Waals surface area contributed by atoms with Crippen LogP contribution in [0, 0.1) is 0 Å². The Morgan fingerprint density at radius 2 is 0.765 bits per heavy atom. The summed E-state index contributed by atoms with van der Waals surface area (Å²) in [5.41, 5.74) is 0. The molecule has 0 heterocycles. The van der Waals surface area contributed by atoms with Crippen LogP contribution in [0.2, 0.25) is 0 Å². The first-order valence-electron chi connectivity index (χ1n) is 15.9. The Morgan fingerprint density at radius 1 is 0.471 bits per heavy atom. The van der Waals surface area contributed by atoms with Gasteiger partial charge in [0.05, 0.1) is 6.10 Å². The molecule has 1 unspecified atom stereocenters. The number of carbonyl (C=O) groups is 1. The smallest absolute Gasteiger partial charge is 0.132 e. The number of rotatable bonds is 29. The first-order chi connectivity index (χ1) is 16.7. The summed E-state index contributed by atoms with van der Waals surface area (Å²) >= 11 is 0. The molecule has 1 atom stereocenters. The average molecular weight is 481 g/mol. The topological polar surface area (TPSA) is 37.3 Å². The zero-order valence-electron chi connectivity index (χ0n) is 23.7. The van der Waals surface area contributed by atoms with Gasteiger partial charge in [-0.3, -0.25) is 4.79 Å². The lowest BCUT2D eigenvalue weighted by molar-refractivity contribution is -0.118. The first kappa shape index (κ1) is 33.6. The van der Waals surface area contributed by atoms with E-state index in [4.69, 9.17) is 0 Å². The molecule has 0 aromatic rings. The monoisotopic (exact) mass is 480 g/mol. The number of hydrogen-bond donors (Lipinski definition) is 1. The summed E-state index contributed by atoms with van der Waals surface area (Å²) in [6, 6.07) is 0. The Morgan fingerprint density at radius 3 is 1.09 bits per heavy atom. The van der Waals surface area contributed by atoms with Gasteiger partial charge in [0.1, 0.15) is 5.78 Å². The van der Waals surface area contributed by atoms with Crippen molar-refractivity contribution in [3.05, 3.63) is 0 Å². The van der Waals surface area contributed by atoms with E-state index in [-0.39, 0.29) is 6.10 Å². The van der Waals surface area contributed by atoms with E-state index >= 15 is 0 Å². The van der Waals surface area contributed by atoms with E-state index in [2.05, 4.69) is 6.92 Å². The van der Waals surface area contributed by atoms with Gasteiger partial charge in [0, 0.05) is 12.8 Å². The summed E-state index contributed by atoms with van der Waals surface area (Å²) < 4.78 is 0. The van der Waals surface area contributed by atoms with Crippen LogP contribution in [0.15, 0.2) is 0 Å². The summed E-state index contributed by atoms with van der Waals surface area (Å²) in [7, 11) is 0. The van der Waals surface area contributed by atoms with Crippen LogP contribution in [0.1, 0.15) is 194 Å². The van der Waals surface area contributed by atoms with Gasteiger partial charge in [0.25, 0.3) is 0 Å². The van der Waals surface area contributed by atoms with Crippen LogP contribution >= 0.6 is 0 Å².